The molecular weight excluding hydrogens is 296 g/mol. The minimum atomic E-state index is -0.115. The molecule has 1 heterocycles. The summed E-state index contributed by atoms with van der Waals surface area (Å²) in [7, 11) is 1.52. The van der Waals surface area contributed by atoms with E-state index in [-0.39, 0.29) is 11.9 Å². The molecule has 0 spiro atoms. The van der Waals surface area contributed by atoms with Crippen LogP contribution in [0.3, 0.4) is 0 Å². The van der Waals surface area contributed by atoms with E-state index in [0.29, 0.717) is 16.3 Å². The van der Waals surface area contributed by atoms with Gasteiger partial charge in [0.1, 0.15) is 5.56 Å². The van der Waals surface area contributed by atoms with Gasteiger partial charge in [-0.3, -0.25) is 4.79 Å². The topological polar surface area (TPSA) is 51.2 Å². The van der Waals surface area contributed by atoms with E-state index in [9.17, 15) is 4.79 Å². The lowest BCUT2D eigenvalue weighted by molar-refractivity contribution is 0.0926. The highest BCUT2D eigenvalue weighted by Crippen LogP contribution is 2.25. The number of pyridine rings is 1. The van der Waals surface area contributed by atoms with Crippen LogP contribution in [0.2, 0.25) is 0 Å². The van der Waals surface area contributed by atoms with Gasteiger partial charge >= 0.3 is 0 Å². The predicted octanol–water partition coefficient (Wildman–Crippen LogP) is 2.53. The molecule has 1 fully saturated rings. The molecule has 1 aliphatic rings. The van der Waals surface area contributed by atoms with Crippen molar-refractivity contribution >= 4 is 21.8 Å². The van der Waals surface area contributed by atoms with E-state index < -0.39 is 0 Å². The number of alkyl halides is 1. The predicted molar refractivity (Wildman–Crippen MR) is 73.2 cm³/mol. The van der Waals surface area contributed by atoms with Crippen LogP contribution in [0.4, 0.5) is 0 Å². The second kappa shape index (κ2) is 6.18. The average Bonchev–Trinajstić information content (AvgIpc) is 2.41. The molecule has 98 valence electrons. The van der Waals surface area contributed by atoms with Crippen molar-refractivity contribution in [2.45, 2.75) is 36.6 Å². The lowest BCUT2D eigenvalue weighted by atomic mass is 9.95. The summed E-state index contributed by atoms with van der Waals surface area (Å²) in [6.07, 6.45) is 6.12. The Morgan fingerprint density at radius 2 is 2.28 bits per heavy atom. The van der Waals surface area contributed by atoms with E-state index >= 15 is 0 Å². The van der Waals surface area contributed by atoms with Crippen LogP contribution >= 0.6 is 15.9 Å². The van der Waals surface area contributed by atoms with Crippen molar-refractivity contribution in [3.8, 4) is 5.88 Å². The molecule has 4 nitrogen and oxygen atoms in total. The fraction of sp³-hybridized carbons (Fsp3) is 0.538. The molecule has 2 rings (SSSR count). The first-order valence-electron chi connectivity index (χ1n) is 6.16. The molecule has 0 aromatic carbocycles. The summed E-state index contributed by atoms with van der Waals surface area (Å²) in [5, 5.41) is 3.05. The zero-order chi connectivity index (χ0) is 13.0. The standard InChI is InChI=1S/C13H17BrN2O2/c1-18-13-9(5-4-8-15-13)12(17)16-11-7-3-2-6-10(11)14/h4-5,8,10-11H,2-3,6-7H2,1H3,(H,16,17). The number of carbonyl (C=O) groups excluding carboxylic acids is 1. The van der Waals surface area contributed by atoms with Crippen molar-refractivity contribution in [3.63, 3.8) is 0 Å². The van der Waals surface area contributed by atoms with Gasteiger partial charge in [-0.1, -0.05) is 28.8 Å². The SMILES string of the molecule is COc1ncccc1C(=O)NC1CCCCC1Br. The van der Waals surface area contributed by atoms with Crippen molar-refractivity contribution in [2.24, 2.45) is 0 Å². The Bertz CT molecular complexity index is 425. The number of hydrogen-bond donors (Lipinski definition) is 1. The quantitative estimate of drug-likeness (QED) is 0.873. The number of nitrogens with zero attached hydrogens (tertiary/aromatic N) is 1. The zero-order valence-corrected chi connectivity index (χ0v) is 11.9. The summed E-state index contributed by atoms with van der Waals surface area (Å²) in [6.45, 7) is 0. The van der Waals surface area contributed by atoms with Crippen LogP contribution in [-0.4, -0.2) is 28.9 Å². The van der Waals surface area contributed by atoms with Crippen LogP contribution in [0.5, 0.6) is 5.88 Å². The number of amides is 1. The van der Waals surface area contributed by atoms with E-state index in [4.69, 9.17) is 4.74 Å². The minimum absolute atomic E-state index is 0.115. The van der Waals surface area contributed by atoms with Crippen LogP contribution in [0.15, 0.2) is 18.3 Å². The average molecular weight is 313 g/mol. The molecule has 1 N–H and O–H groups in total. The Morgan fingerprint density at radius 3 is 3.00 bits per heavy atom. The van der Waals surface area contributed by atoms with Gasteiger partial charge in [-0.15, -0.1) is 0 Å². The van der Waals surface area contributed by atoms with Gasteiger partial charge in [-0.05, 0) is 25.0 Å². The molecule has 0 radical (unpaired) electrons. The number of hydrogen-bond acceptors (Lipinski definition) is 3. The number of methoxy groups -OCH3 is 1. The first kappa shape index (κ1) is 13.3. The van der Waals surface area contributed by atoms with Crippen molar-refractivity contribution in [1.82, 2.24) is 10.3 Å². The summed E-state index contributed by atoms with van der Waals surface area (Å²) in [6, 6.07) is 3.66. The maximum absolute atomic E-state index is 12.2. The summed E-state index contributed by atoms with van der Waals surface area (Å²) in [5.74, 6) is 0.258. The molecule has 0 aliphatic heterocycles. The third-order valence-electron chi connectivity index (χ3n) is 3.21. The number of carbonyl (C=O) groups is 1. The molecule has 1 aromatic rings. The normalized spacial score (nSPS) is 23.4. The van der Waals surface area contributed by atoms with E-state index in [0.717, 1.165) is 19.3 Å². The highest BCUT2D eigenvalue weighted by Gasteiger charge is 2.25. The van der Waals surface area contributed by atoms with E-state index in [1.807, 2.05) is 0 Å². The smallest absolute Gasteiger partial charge is 0.257 e. The second-order valence-corrected chi connectivity index (χ2v) is 5.62. The number of halogens is 1. The summed E-state index contributed by atoms with van der Waals surface area (Å²) in [4.78, 5) is 16.6. The third-order valence-corrected chi connectivity index (χ3v) is 4.30. The molecule has 0 saturated heterocycles. The maximum Gasteiger partial charge on any atom is 0.257 e. The first-order chi connectivity index (χ1) is 8.72. The van der Waals surface area contributed by atoms with Crippen molar-refractivity contribution in [1.29, 1.82) is 0 Å². The fourth-order valence-electron chi connectivity index (χ4n) is 2.22. The van der Waals surface area contributed by atoms with Crippen molar-refractivity contribution in [3.05, 3.63) is 23.9 Å². The van der Waals surface area contributed by atoms with Crippen LogP contribution in [0.1, 0.15) is 36.0 Å². The Kier molecular flexibility index (Phi) is 4.58. The number of rotatable bonds is 3. The molecule has 1 saturated carbocycles. The largest absolute Gasteiger partial charge is 0.480 e. The van der Waals surface area contributed by atoms with Crippen LogP contribution < -0.4 is 10.1 Å². The van der Waals surface area contributed by atoms with Gasteiger partial charge in [0.05, 0.1) is 7.11 Å². The van der Waals surface area contributed by atoms with Gasteiger partial charge < -0.3 is 10.1 Å². The molecular formula is C13H17BrN2O2. The fourth-order valence-corrected chi connectivity index (χ4v) is 2.94. The molecule has 0 bridgehead atoms. The molecule has 2 unspecified atom stereocenters. The van der Waals surface area contributed by atoms with Gasteiger partial charge in [0.2, 0.25) is 5.88 Å². The first-order valence-corrected chi connectivity index (χ1v) is 7.08. The van der Waals surface area contributed by atoms with Crippen molar-refractivity contribution < 1.29 is 9.53 Å². The maximum atomic E-state index is 12.2. The molecule has 1 amide bonds. The Morgan fingerprint density at radius 1 is 1.50 bits per heavy atom. The van der Waals surface area contributed by atoms with Gasteiger partial charge in [0.15, 0.2) is 0 Å². The van der Waals surface area contributed by atoms with Crippen LogP contribution in [-0.2, 0) is 0 Å². The Labute approximate surface area is 115 Å². The van der Waals surface area contributed by atoms with E-state index in [1.165, 1.54) is 13.5 Å². The molecule has 1 aromatic heterocycles. The lowest BCUT2D eigenvalue weighted by Crippen LogP contribution is -2.42. The van der Waals surface area contributed by atoms with Gasteiger partial charge in [-0.2, -0.15) is 0 Å². The van der Waals surface area contributed by atoms with Crippen LogP contribution in [0, 0.1) is 0 Å². The number of nitrogens with one attached hydrogen (secondary N) is 1. The monoisotopic (exact) mass is 312 g/mol. The van der Waals surface area contributed by atoms with Crippen LogP contribution in [0.25, 0.3) is 0 Å². The van der Waals surface area contributed by atoms with Crippen molar-refractivity contribution in [2.75, 3.05) is 7.11 Å². The molecule has 5 heteroatoms. The van der Waals surface area contributed by atoms with E-state index in [2.05, 4.69) is 26.2 Å². The number of aromatic nitrogens is 1. The Hall–Kier alpha value is -1.10. The highest BCUT2D eigenvalue weighted by atomic mass is 79.9. The molecule has 2 atom stereocenters. The summed E-state index contributed by atoms with van der Waals surface area (Å²) in [5.41, 5.74) is 0.491. The van der Waals surface area contributed by atoms with E-state index in [1.54, 1.807) is 18.3 Å². The lowest BCUT2D eigenvalue weighted by Gasteiger charge is -2.28. The highest BCUT2D eigenvalue weighted by molar-refractivity contribution is 9.09. The molecule has 1 aliphatic carbocycles. The summed E-state index contributed by atoms with van der Waals surface area (Å²) >= 11 is 3.63. The minimum Gasteiger partial charge on any atom is -0.480 e. The zero-order valence-electron chi connectivity index (χ0n) is 10.4. The number of ether oxygens (including phenoxy) is 1. The Balaban J connectivity index is 2.07. The van der Waals surface area contributed by atoms with Gasteiger partial charge in [-0.25, -0.2) is 4.98 Å². The molecule has 18 heavy (non-hydrogen) atoms. The second-order valence-electron chi connectivity index (χ2n) is 4.44. The third kappa shape index (κ3) is 3.02. The van der Waals surface area contributed by atoms with Gasteiger partial charge in [0.25, 0.3) is 5.91 Å². The van der Waals surface area contributed by atoms with Gasteiger partial charge in [0, 0.05) is 17.1 Å². The summed E-state index contributed by atoms with van der Waals surface area (Å²) < 4.78 is 5.10.